The summed E-state index contributed by atoms with van der Waals surface area (Å²) in [5.41, 5.74) is 1.13. The van der Waals surface area contributed by atoms with Gasteiger partial charge in [-0.2, -0.15) is 5.01 Å². The summed E-state index contributed by atoms with van der Waals surface area (Å²) >= 11 is 0. The van der Waals surface area contributed by atoms with Gasteiger partial charge in [0.2, 0.25) is 0 Å². The summed E-state index contributed by atoms with van der Waals surface area (Å²) in [5, 5.41) is 3.55. The predicted molar refractivity (Wildman–Crippen MR) is 57.9 cm³/mol. The number of hydrazine groups is 1. The van der Waals surface area contributed by atoms with Gasteiger partial charge < -0.3 is 4.90 Å². The molecule has 0 spiro atoms. The van der Waals surface area contributed by atoms with Gasteiger partial charge in [0.1, 0.15) is 6.17 Å². The molecule has 1 aromatic rings. The lowest BCUT2D eigenvalue weighted by atomic mass is 10.1. The fraction of sp³-hybridized carbons (Fsp3) is 0.364. The third-order valence-electron chi connectivity index (χ3n) is 2.87. The predicted octanol–water partition coefficient (Wildman–Crippen LogP) is 1.53. The van der Waals surface area contributed by atoms with Gasteiger partial charge in [-0.15, -0.1) is 0 Å². The first-order valence-electron chi connectivity index (χ1n) is 4.91. The van der Waals surface area contributed by atoms with Gasteiger partial charge in [-0.05, 0) is 5.56 Å². The summed E-state index contributed by atoms with van der Waals surface area (Å²) in [4.78, 5) is 13.4. The van der Waals surface area contributed by atoms with Crippen molar-refractivity contribution in [3.8, 4) is 0 Å². The molecule has 1 unspecified atom stereocenters. The molecule has 1 aliphatic rings. The Labute approximate surface area is 89.7 Å². The standard InChI is InChI=1S/C11H15N3O/c1-12-10(9-7-5-4-6-8-9)13(2)14(3)11(12)15/h4-8,10H,1-3H3. The highest BCUT2D eigenvalue weighted by Crippen LogP contribution is 2.29. The van der Waals surface area contributed by atoms with Crippen LogP contribution in [0, 0.1) is 0 Å². The number of hydrogen-bond donors (Lipinski definition) is 0. The molecule has 80 valence electrons. The van der Waals surface area contributed by atoms with Gasteiger partial charge in [0.25, 0.3) is 0 Å². The van der Waals surface area contributed by atoms with Crippen LogP contribution in [-0.2, 0) is 0 Å². The number of rotatable bonds is 1. The van der Waals surface area contributed by atoms with Crippen molar-refractivity contribution in [3.05, 3.63) is 35.9 Å². The lowest BCUT2D eigenvalue weighted by Gasteiger charge is -2.25. The molecule has 0 saturated carbocycles. The maximum absolute atomic E-state index is 11.7. The molecule has 0 radical (unpaired) electrons. The number of benzene rings is 1. The summed E-state index contributed by atoms with van der Waals surface area (Å²) in [5.74, 6) is 0. The third kappa shape index (κ3) is 1.47. The molecule has 0 aliphatic carbocycles. The van der Waals surface area contributed by atoms with Crippen molar-refractivity contribution in [1.29, 1.82) is 0 Å². The van der Waals surface area contributed by atoms with Crippen molar-refractivity contribution >= 4 is 6.03 Å². The molecule has 0 N–H and O–H groups in total. The minimum absolute atomic E-state index is 0.00343. The average molecular weight is 205 g/mol. The summed E-state index contributed by atoms with van der Waals surface area (Å²) in [7, 11) is 5.51. The molecule has 1 aromatic carbocycles. The molecule has 2 rings (SSSR count). The van der Waals surface area contributed by atoms with Crippen molar-refractivity contribution in [2.24, 2.45) is 0 Å². The lowest BCUT2D eigenvalue weighted by Crippen LogP contribution is -2.32. The molecule has 1 atom stereocenters. The zero-order chi connectivity index (χ0) is 11.0. The molecule has 1 saturated heterocycles. The Morgan fingerprint density at radius 1 is 1.07 bits per heavy atom. The Kier molecular flexibility index (Phi) is 2.36. The van der Waals surface area contributed by atoms with Crippen LogP contribution in [0.15, 0.2) is 30.3 Å². The second kappa shape index (κ2) is 3.55. The summed E-state index contributed by atoms with van der Waals surface area (Å²) in [6.07, 6.45) is 0.00343. The van der Waals surface area contributed by atoms with Crippen LogP contribution in [0.3, 0.4) is 0 Å². The fourth-order valence-corrected chi connectivity index (χ4v) is 1.95. The lowest BCUT2D eigenvalue weighted by molar-refractivity contribution is 0.0569. The van der Waals surface area contributed by atoms with E-state index >= 15 is 0 Å². The van der Waals surface area contributed by atoms with Crippen molar-refractivity contribution < 1.29 is 4.79 Å². The third-order valence-corrected chi connectivity index (χ3v) is 2.87. The van der Waals surface area contributed by atoms with Crippen LogP contribution in [-0.4, -0.2) is 42.1 Å². The van der Waals surface area contributed by atoms with Crippen molar-refractivity contribution in [2.45, 2.75) is 6.17 Å². The maximum atomic E-state index is 11.7. The van der Waals surface area contributed by atoms with Crippen LogP contribution in [0.5, 0.6) is 0 Å². The van der Waals surface area contributed by atoms with E-state index in [1.807, 2.05) is 49.4 Å². The largest absolute Gasteiger partial charge is 0.335 e. The Balaban J connectivity index is 2.35. The normalized spacial score (nSPS) is 22.6. The highest BCUT2D eigenvalue weighted by atomic mass is 16.2. The summed E-state index contributed by atoms with van der Waals surface area (Å²) in [6.45, 7) is 0. The van der Waals surface area contributed by atoms with Gasteiger partial charge in [0.05, 0.1) is 0 Å². The molecule has 1 heterocycles. The first-order chi connectivity index (χ1) is 7.13. The molecule has 0 aromatic heterocycles. The molecule has 1 fully saturated rings. The highest BCUT2D eigenvalue weighted by Gasteiger charge is 2.38. The quantitative estimate of drug-likeness (QED) is 0.695. The van der Waals surface area contributed by atoms with Gasteiger partial charge in [0.15, 0.2) is 0 Å². The van der Waals surface area contributed by atoms with E-state index in [2.05, 4.69) is 0 Å². The Morgan fingerprint density at radius 2 is 1.67 bits per heavy atom. The van der Waals surface area contributed by atoms with Gasteiger partial charge >= 0.3 is 6.03 Å². The second-order valence-corrected chi connectivity index (χ2v) is 3.78. The van der Waals surface area contributed by atoms with E-state index < -0.39 is 0 Å². The molecule has 15 heavy (non-hydrogen) atoms. The molecular formula is C11H15N3O. The number of hydrogen-bond acceptors (Lipinski definition) is 2. The Morgan fingerprint density at radius 3 is 2.13 bits per heavy atom. The summed E-state index contributed by atoms with van der Waals surface area (Å²) in [6, 6.07) is 10.0. The van der Waals surface area contributed by atoms with Crippen molar-refractivity contribution in [1.82, 2.24) is 14.9 Å². The topological polar surface area (TPSA) is 26.8 Å². The minimum Gasteiger partial charge on any atom is -0.305 e. The van der Waals surface area contributed by atoms with Gasteiger partial charge in [0, 0.05) is 21.1 Å². The van der Waals surface area contributed by atoms with E-state index in [0.717, 1.165) is 5.56 Å². The van der Waals surface area contributed by atoms with E-state index in [4.69, 9.17) is 0 Å². The van der Waals surface area contributed by atoms with Gasteiger partial charge in [-0.3, -0.25) is 5.01 Å². The Hall–Kier alpha value is -1.55. The molecular weight excluding hydrogens is 190 g/mol. The highest BCUT2D eigenvalue weighted by molar-refractivity contribution is 5.75. The Bertz CT molecular complexity index is 365. The van der Waals surface area contributed by atoms with Crippen LogP contribution >= 0.6 is 0 Å². The molecule has 2 amide bonds. The number of amides is 2. The smallest absolute Gasteiger partial charge is 0.305 e. The van der Waals surface area contributed by atoms with Crippen LogP contribution < -0.4 is 0 Å². The average Bonchev–Trinajstić information content (AvgIpc) is 2.45. The summed E-state index contributed by atoms with van der Waals surface area (Å²) < 4.78 is 0. The van der Waals surface area contributed by atoms with E-state index in [1.165, 1.54) is 0 Å². The fourth-order valence-electron chi connectivity index (χ4n) is 1.95. The maximum Gasteiger partial charge on any atom is 0.335 e. The van der Waals surface area contributed by atoms with E-state index in [1.54, 1.807) is 17.0 Å². The van der Waals surface area contributed by atoms with E-state index in [-0.39, 0.29) is 12.2 Å². The number of carbonyl (C=O) groups is 1. The van der Waals surface area contributed by atoms with Crippen LogP contribution in [0.1, 0.15) is 11.7 Å². The van der Waals surface area contributed by atoms with E-state index in [0.29, 0.717) is 0 Å². The number of carbonyl (C=O) groups excluding carboxylic acids is 1. The second-order valence-electron chi connectivity index (χ2n) is 3.78. The molecule has 1 aliphatic heterocycles. The minimum atomic E-state index is 0.00343. The zero-order valence-corrected chi connectivity index (χ0v) is 9.21. The first-order valence-corrected chi connectivity index (χ1v) is 4.91. The molecule has 4 heteroatoms. The van der Waals surface area contributed by atoms with Crippen LogP contribution in [0.25, 0.3) is 0 Å². The van der Waals surface area contributed by atoms with Gasteiger partial charge in [-0.25, -0.2) is 4.79 Å². The first kappa shape index (κ1) is 9.98. The molecule has 0 bridgehead atoms. The van der Waals surface area contributed by atoms with Crippen molar-refractivity contribution in [2.75, 3.05) is 21.1 Å². The van der Waals surface area contributed by atoms with Crippen LogP contribution in [0.4, 0.5) is 4.79 Å². The van der Waals surface area contributed by atoms with Crippen LogP contribution in [0.2, 0.25) is 0 Å². The molecule has 4 nitrogen and oxygen atoms in total. The monoisotopic (exact) mass is 205 g/mol. The number of urea groups is 1. The SMILES string of the molecule is CN1C(=O)N(C)N(C)C1c1ccccc1. The van der Waals surface area contributed by atoms with Crippen molar-refractivity contribution in [3.63, 3.8) is 0 Å². The number of nitrogens with zero attached hydrogens (tertiary/aromatic N) is 3. The van der Waals surface area contributed by atoms with E-state index in [9.17, 15) is 4.79 Å². The van der Waals surface area contributed by atoms with Gasteiger partial charge in [-0.1, -0.05) is 30.3 Å². The zero-order valence-electron chi connectivity index (χ0n) is 9.21.